The van der Waals surface area contributed by atoms with Gasteiger partial charge in [-0.15, -0.1) is 0 Å². The summed E-state index contributed by atoms with van der Waals surface area (Å²) >= 11 is 0. The lowest BCUT2D eigenvalue weighted by Gasteiger charge is -2.44. The van der Waals surface area contributed by atoms with Crippen LogP contribution in [0.2, 0.25) is 0 Å². The van der Waals surface area contributed by atoms with E-state index in [2.05, 4.69) is 12.1 Å². The van der Waals surface area contributed by atoms with Crippen molar-refractivity contribution in [2.75, 3.05) is 14.2 Å². The maximum absolute atomic E-state index is 12.9. The molecule has 0 spiro atoms. The predicted octanol–water partition coefficient (Wildman–Crippen LogP) is 5.05. The van der Waals surface area contributed by atoms with Crippen LogP contribution in [0, 0.1) is 0 Å². The first kappa shape index (κ1) is 19.4. The Bertz CT molecular complexity index is 893. The molecule has 1 saturated heterocycles. The molecule has 1 amide bonds. The molecular formula is C24H27NO4. The summed E-state index contributed by atoms with van der Waals surface area (Å²) in [5.41, 5.74) is 3.25. The van der Waals surface area contributed by atoms with E-state index in [-0.39, 0.29) is 18.2 Å². The molecule has 2 atom stereocenters. The molecule has 0 saturated carbocycles. The Kier molecular flexibility index (Phi) is 5.74. The number of hydrogen-bond acceptors (Lipinski definition) is 4. The van der Waals surface area contributed by atoms with Gasteiger partial charge in [-0.3, -0.25) is 4.90 Å². The van der Waals surface area contributed by atoms with Gasteiger partial charge in [0, 0.05) is 11.6 Å². The fourth-order valence-electron chi connectivity index (χ4n) is 4.45. The zero-order valence-electron chi connectivity index (χ0n) is 17.0. The summed E-state index contributed by atoms with van der Waals surface area (Å²) < 4.78 is 16.7. The van der Waals surface area contributed by atoms with E-state index in [9.17, 15) is 4.79 Å². The molecule has 5 heteroatoms. The standard InChI is InChI=1S/C24H27NO4/c1-27-22-13-7-12-21(23(22)28-2)18-14-19-10-6-11-20(15-18)25(19)24(26)29-16-17-8-4-3-5-9-17/h3-5,7-9,12-14,19-20H,6,10-11,15-16H2,1-2H3. The summed E-state index contributed by atoms with van der Waals surface area (Å²) in [5, 5.41) is 0. The second-order valence-corrected chi connectivity index (χ2v) is 7.54. The second kappa shape index (κ2) is 8.60. The number of para-hydroxylation sites is 1. The van der Waals surface area contributed by atoms with E-state index in [1.807, 2.05) is 47.4 Å². The van der Waals surface area contributed by atoms with Crippen molar-refractivity contribution in [3.05, 3.63) is 65.7 Å². The molecule has 2 aliphatic heterocycles. The van der Waals surface area contributed by atoms with Crippen molar-refractivity contribution < 1.29 is 19.0 Å². The summed E-state index contributed by atoms with van der Waals surface area (Å²) in [5.74, 6) is 1.47. The molecule has 2 bridgehead atoms. The molecule has 0 N–H and O–H groups in total. The number of methoxy groups -OCH3 is 2. The quantitative estimate of drug-likeness (QED) is 0.713. The Morgan fingerprint density at radius 3 is 2.59 bits per heavy atom. The predicted molar refractivity (Wildman–Crippen MR) is 112 cm³/mol. The van der Waals surface area contributed by atoms with E-state index >= 15 is 0 Å². The number of carbonyl (C=O) groups is 1. The van der Waals surface area contributed by atoms with Crippen LogP contribution in [-0.2, 0) is 11.3 Å². The second-order valence-electron chi connectivity index (χ2n) is 7.54. The van der Waals surface area contributed by atoms with E-state index in [0.717, 1.165) is 48.3 Å². The van der Waals surface area contributed by atoms with E-state index in [0.29, 0.717) is 6.61 Å². The van der Waals surface area contributed by atoms with Crippen LogP contribution in [0.25, 0.3) is 5.57 Å². The third-order valence-electron chi connectivity index (χ3n) is 5.80. The minimum absolute atomic E-state index is 0.0525. The van der Waals surface area contributed by atoms with Crippen LogP contribution in [0.4, 0.5) is 4.79 Å². The van der Waals surface area contributed by atoms with Gasteiger partial charge in [-0.2, -0.15) is 0 Å². The third kappa shape index (κ3) is 3.95. The number of piperidine rings is 1. The number of ether oxygens (including phenoxy) is 3. The summed E-state index contributed by atoms with van der Waals surface area (Å²) in [4.78, 5) is 14.8. The Morgan fingerprint density at radius 1 is 1.03 bits per heavy atom. The van der Waals surface area contributed by atoms with Crippen LogP contribution < -0.4 is 9.47 Å². The monoisotopic (exact) mass is 393 g/mol. The molecule has 5 nitrogen and oxygen atoms in total. The van der Waals surface area contributed by atoms with Crippen molar-refractivity contribution in [1.82, 2.24) is 4.90 Å². The molecule has 2 aliphatic rings. The number of amides is 1. The van der Waals surface area contributed by atoms with Crippen molar-refractivity contribution in [2.45, 2.75) is 44.4 Å². The molecule has 152 valence electrons. The SMILES string of the molecule is COc1cccc(C2=CC3CCCC(C2)N3C(=O)OCc2ccccc2)c1OC. The number of nitrogens with zero attached hydrogens (tertiary/aromatic N) is 1. The minimum atomic E-state index is -0.225. The smallest absolute Gasteiger partial charge is 0.410 e. The van der Waals surface area contributed by atoms with Gasteiger partial charge in [0.2, 0.25) is 0 Å². The Labute approximate surface area is 171 Å². The Hall–Kier alpha value is -2.95. The van der Waals surface area contributed by atoms with E-state index in [4.69, 9.17) is 14.2 Å². The van der Waals surface area contributed by atoms with Crippen molar-refractivity contribution in [3.63, 3.8) is 0 Å². The Morgan fingerprint density at radius 2 is 1.86 bits per heavy atom. The highest BCUT2D eigenvalue weighted by atomic mass is 16.6. The molecule has 1 fully saturated rings. The summed E-state index contributed by atoms with van der Waals surface area (Å²) in [6.07, 6.45) is 5.83. The highest BCUT2D eigenvalue weighted by molar-refractivity contribution is 5.78. The van der Waals surface area contributed by atoms with Gasteiger partial charge in [-0.05, 0) is 42.9 Å². The summed E-state index contributed by atoms with van der Waals surface area (Å²) in [7, 11) is 3.31. The van der Waals surface area contributed by atoms with Gasteiger partial charge >= 0.3 is 6.09 Å². The van der Waals surface area contributed by atoms with E-state index < -0.39 is 0 Å². The van der Waals surface area contributed by atoms with Gasteiger partial charge < -0.3 is 14.2 Å². The largest absolute Gasteiger partial charge is 0.493 e. The lowest BCUT2D eigenvalue weighted by Crippen LogP contribution is -2.51. The maximum atomic E-state index is 12.9. The average molecular weight is 393 g/mol. The average Bonchev–Trinajstić information content (AvgIpc) is 2.76. The molecule has 2 heterocycles. The number of benzene rings is 2. The van der Waals surface area contributed by atoms with Crippen molar-refractivity contribution in [3.8, 4) is 11.5 Å². The number of fused-ring (bicyclic) bond motifs is 2. The normalized spacial score (nSPS) is 20.6. The van der Waals surface area contributed by atoms with Gasteiger partial charge in [0.1, 0.15) is 6.61 Å². The molecule has 2 aromatic carbocycles. The van der Waals surface area contributed by atoms with Crippen LogP contribution in [0.5, 0.6) is 11.5 Å². The van der Waals surface area contributed by atoms with Gasteiger partial charge in [0.15, 0.2) is 11.5 Å². The van der Waals surface area contributed by atoms with Crippen LogP contribution in [0.1, 0.15) is 36.8 Å². The molecule has 0 aliphatic carbocycles. The van der Waals surface area contributed by atoms with Gasteiger partial charge in [0.25, 0.3) is 0 Å². The lowest BCUT2D eigenvalue weighted by molar-refractivity contribution is 0.0510. The van der Waals surface area contributed by atoms with Crippen molar-refractivity contribution in [1.29, 1.82) is 0 Å². The highest BCUT2D eigenvalue weighted by Crippen LogP contribution is 2.42. The zero-order valence-corrected chi connectivity index (χ0v) is 17.0. The topological polar surface area (TPSA) is 48.0 Å². The molecule has 2 unspecified atom stereocenters. The van der Waals surface area contributed by atoms with E-state index in [1.54, 1.807) is 14.2 Å². The van der Waals surface area contributed by atoms with Crippen molar-refractivity contribution >= 4 is 11.7 Å². The van der Waals surface area contributed by atoms with Gasteiger partial charge in [-0.25, -0.2) is 4.79 Å². The fourth-order valence-corrected chi connectivity index (χ4v) is 4.45. The van der Waals surface area contributed by atoms with Crippen LogP contribution >= 0.6 is 0 Å². The number of carbonyl (C=O) groups excluding carboxylic acids is 1. The van der Waals surface area contributed by atoms with Crippen LogP contribution in [0.15, 0.2) is 54.6 Å². The van der Waals surface area contributed by atoms with Crippen LogP contribution in [0.3, 0.4) is 0 Å². The molecule has 0 radical (unpaired) electrons. The minimum Gasteiger partial charge on any atom is -0.493 e. The lowest BCUT2D eigenvalue weighted by atomic mass is 9.83. The van der Waals surface area contributed by atoms with Gasteiger partial charge in [0.05, 0.1) is 20.3 Å². The highest BCUT2D eigenvalue weighted by Gasteiger charge is 2.38. The summed E-state index contributed by atoms with van der Waals surface area (Å²) in [6.45, 7) is 0.301. The maximum Gasteiger partial charge on any atom is 0.410 e. The zero-order chi connectivity index (χ0) is 20.2. The first-order valence-corrected chi connectivity index (χ1v) is 10.1. The van der Waals surface area contributed by atoms with Gasteiger partial charge in [-0.1, -0.05) is 48.5 Å². The summed E-state index contributed by atoms with van der Waals surface area (Å²) in [6, 6.07) is 15.9. The first-order chi connectivity index (χ1) is 14.2. The molecule has 0 aromatic heterocycles. The van der Waals surface area contributed by atoms with Crippen LogP contribution in [-0.4, -0.2) is 37.3 Å². The third-order valence-corrected chi connectivity index (χ3v) is 5.80. The first-order valence-electron chi connectivity index (χ1n) is 10.1. The fraction of sp³-hybridized carbons (Fsp3) is 0.375. The molecule has 29 heavy (non-hydrogen) atoms. The number of hydrogen-bond donors (Lipinski definition) is 0. The van der Waals surface area contributed by atoms with E-state index in [1.165, 1.54) is 5.57 Å². The van der Waals surface area contributed by atoms with Crippen molar-refractivity contribution in [2.24, 2.45) is 0 Å². The molecular weight excluding hydrogens is 366 g/mol. The molecule has 2 aromatic rings. The number of rotatable bonds is 5. The Balaban J connectivity index is 1.55. The molecule has 4 rings (SSSR count).